The van der Waals surface area contributed by atoms with E-state index in [1.807, 2.05) is 24.3 Å². The highest BCUT2D eigenvalue weighted by Gasteiger charge is 2.21. The highest BCUT2D eigenvalue weighted by molar-refractivity contribution is 6.11. The number of rotatable bonds is 6. The quantitative estimate of drug-likeness (QED) is 0.270. The lowest BCUT2D eigenvalue weighted by molar-refractivity contribution is -0.116. The van der Waals surface area contributed by atoms with Crippen molar-refractivity contribution in [1.29, 1.82) is 0 Å². The molecule has 36 heavy (non-hydrogen) atoms. The van der Waals surface area contributed by atoms with Gasteiger partial charge in [-0.25, -0.2) is 0 Å². The first-order valence-corrected chi connectivity index (χ1v) is 11.6. The number of ether oxygens (including phenoxy) is 1. The van der Waals surface area contributed by atoms with Crippen LogP contribution in [-0.2, 0) is 9.59 Å². The van der Waals surface area contributed by atoms with Crippen LogP contribution in [0.1, 0.15) is 26.7 Å². The fourth-order valence-electron chi connectivity index (χ4n) is 4.10. The lowest BCUT2D eigenvalue weighted by Crippen LogP contribution is -2.15. The number of para-hydroxylation sites is 2. The second-order valence-corrected chi connectivity index (χ2v) is 8.10. The average Bonchev–Trinajstić information content (AvgIpc) is 2.90. The summed E-state index contributed by atoms with van der Waals surface area (Å²) in [5.41, 5.74) is 5.19. The van der Waals surface area contributed by atoms with E-state index in [0.29, 0.717) is 67.9 Å². The number of carbonyl (C=O) groups excluding carboxylic acids is 2. The van der Waals surface area contributed by atoms with Gasteiger partial charge >= 0.3 is 0 Å². The monoisotopic (exact) mass is 490 g/mol. The number of anilines is 2. The molecule has 0 aliphatic carbocycles. The zero-order chi connectivity index (χ0) is 25.4. The molecule has 0 atom stereocenters. The first-order valence-electron chi connectivity index (χ1n) is 11.6. The molecule has 2 amide bonds. The number of hydrogen-bond donors (Lipinski definition) is 3. The number of carbonyl (C=O) groups is 2. The maximum atomic E-state index is 12.6. The van der Waals surface area contributed by atoms with Gasteiger partial charge in [0.05, 0.1) is 23.8 Å². The normalized spacial score (nSPS) is 11.2. The zero-order valence-electron chi connectivity index (χ0n) is 20.4. The van der Waals surface area contributed by atoms with E-state index in [9.17, 15) is 9.59 Å². The van der Waals surface area contributed by atoms with E-state index >= 15 is 0 Å². The van der Waals surface area contributed by atoms with Crippen LogP contribution < -0.4 is 20.2 Å². The molecule has 10 nitrogen and oxygen atoms in total. The maximum absolute atomic E-state index is 12.6. The molecular formula is C26H26N4O6. The number of amides is 2. The minimum atomic E-state index is -0.204. The number of fused-ring (bicyclic) bond motifs is 4. The van der Waals surface area contributed by atoms with Crippen LogP contribution in [0, 0.1) is 0 Å². The molecule has 3 N–H and O–H groups in total. The molecule has 0 aliphatic heterocycles. The Morgan fingerprint density at radius 1 is 0.917 bits per heavy atom. The van der Waals surface area contributed by atoms with Gasteiger partial charge in [-0.3, -0.25) is 9.59 Å². The molecule has 0 spiro atoms. The molecule has 3 aromatic carbocycles. The molecule has 2 heterocycles. The van der Waals surface area contributed by atoms with Crippen molar-refractivity contribution in [2.24, 2.45) is 0 Å². The summed E-state index contributed by atoms with van der Waals surface area (Å²) in [4.78, 5) is 33.7. The Morgan fingerprint density at radius 3 is 2.39 bits per heavy atom. The Hall–Kier alpha value is -4.60. The highest BCUT2D eigenvalue weighted by atomic mass is 16.6. The van der Waals surface area contributed by atoms with Crippen LogP contribution in [0.5, 0.6) is 5.75 Å². The van der Waals surface area contributed by atoms with Gasteiger partial charge < -0.3 is 34.0 Å². The van der Waals surface area contributed by atoms with Gasteiger partial charge in [0.15, 0.2) is 27.8 Å². The van der Waals surface area contributed by atoms with Gasteiger partial charge in [0.25, 0.3) is 0 Å². The van der Waals surface area contributed by atoms with E-state index in [0.717, 1.165) is 0 Å². The van der Waals surface area contributed by atoms with Crippen LogP contribution in [0.2, 0.25) is 0 Å². The molecular weight excluding hydrogens is 464 g/mol. The van der Waals surface area contributed by atoms with Crippen molar-refractivity contribution in [2.45, 2.75) is 26.7 Å². The number of aromatic nitrogens is 2. The fraction of sp³-hybridized carbons (Fsp3) is 0.231. The standard InChI is InChI=1S/C26H26N4O6/c1-5-22(31)28-14-11-15-20(13-19(14)33-3)36-26-16(27-15)12-21-25(24(26)29-23(32)6-2)30(34-4)17-9-7-8-10-18(17)35-21/h7-13,27H,5-6H2,1-4H3,(H,28,31)(H,29,32). The number of H-pyrrole nitrogens is 1. The Labute approximate surface area is 205 Å². The predicted octanol–water partition coefficient (Wildman–Crippen LogP) is 5.50. The molecule has 0 aliphatic rings. The molecule has 0 saturated heterocycles. The molecule has 0 saturated carbocycles. The lowest BCUT2D eigenvalue weighted by Gasteiger charge is -2.18. The summed E-state index contributed by atoms with van der Waals surface area (Å²) in [6.45, 7) is 3.54. The number of hydrogen-bond acceptors (Lipinski definition) is 6. The van der Waals surface area contributed by atoms with Crippen LogP contribution in [0.4, 0.5) is 11.4 Å². The molecule has 2 aromatic heterocycles. The van der Waals surface area contributed by atoms with Crippen molar-refractivity contribution in [3.8, 4) is 5.75 Å². The molecule has 5 aromatic rings. The summed E-state index contributed by atoms with van der Waals surface area (Å²) < 4.78 is 19.6. The minimum absolute atomic E-state index is 0.143. The van der Waals surface area contributed by atoms with Crippen LogP contribution in [0.15, 0.2) is 51.3 Å². The Balaban J connectivity index is 1.88. The van der Waals surface area contributed by atoms with Crippen molar-refractivity contribution in [1.82, 2.24) is 9.71 Å². The fourth-order valence-corrected chi connectivity index (χ4v) is 4.10. The molecule has 0 radical (unpaired) electrons. The smallest absolute Gasteiger partial charge is 0.224 e. The van der Waals surface area contributed by atoms with Gasteiger partial charge in [-0.05, 0) is 18.2 Å². The van der Waals surface area contributed by atoms with Gasteiger partial charge in [-0.15, -0.1) is 0 Å². The molecule has 0 fully saturated rings. The van der Waals surface area contributed by atoms with E-state index in [1.54, 1.807) is 43.9 Å². The first-order chi connectivity index (χ1) is 17.5. The van der Waals surface area contributed by atoms with Crippen LogP contribution in [0.3, 0.4) is 0 Å². The minimum Gasteiger partial charge on any atom is -0.494 e. The Morgan fingerprint density at radius 2 is 1.67 bits per heavy atom. The topological polar surface area (TPSA) is 124 Å². The second kappa shape index (κ2) is 9.21. The average molecular weight is 491 g/mol. The zero-order valence-corrected chi connectivity index (χ0v) is 20.4. The number of nitrogens with one attached hydrogen (secondary N) is 3. The second-order valence-electron chi connectivity index (χ2n) is 8.10. The third-order valence-corrected chi connectivity index (χ3v) is 5.87. The lowest BCUT2D eigenvalue weighted by atomic mass is 10.2. The summed E-state index contributed by atoms with van der Waals surface area (Å²) in [5, 5.41) is 5.79. The SMILES string of the molecule is CCC(=O)Nc1cc2[nH]c3cc4oc5ccccc5n(OC)c4c(NC(=O)CC)c3oc2cc1OC. The number of methoxy groups -OCH3 is 1. The van der Waals surface area contributed by atoms with Gasteiger partial charge in [-0.2, -0.15) is 4.73 Å². The molecule has 10 heteroatoms. The van der Waals surface area contributed by atoms with Crippen molar-refractivity contribution >= 4 is 67.6 Å². The summed E-state index contributed by atoms with van der Waals surface area (Å²) in [5.74, 6) is 0.0922. The van der Waals surface area contributed by atoms with E-state index in [-0.39, 0.29) is 18.2 Å². The van der Waals surface area contributed by atoms with E-state index in [4.69, 9.17) is 18.4 Å². The molecule has 5 rings (SSSR count). The third-order valence-electron chi connectivity index (χ3n) is 5.87. The van der Waals surface area contributed by atoms with Crippen LogP contribution in [0.25, 0.3) is 44.4 Å². The van der Waals surface area contributed by atoms with Crippen molar-refractivity contribution in [3.63, 3.8) is 0 Å². The van der Waals surface area contributed by atoms with Gasteiger partial charge in [-0.1, -0.05) is 26.0 Å². The maximum Gasteiger partial charge on any atom is 0.224 e. The Kier molecular flexibility index (Phi) is 5.93. The van der Waals surface area contributed by atoms with Crippen LogP contribution in [-0.4, -0.2) is 35.7 Å². The predicted molar refractivity (Wildman–Crippen MR) is 138 cm³/mol. The van der Waals surface area contributed by atoms with Gasteiger partial charge in [0, 0.05) is 25.0 Å². The highest BCUT2D eigenvalue weighted by Crippen LogP contribution is 2.38. The van der Waals surface area contributed by atoms with E-state index in [2.05, 4.69) is 15.6 Å². The summed E-state index contributed by atoms with van der Waals surface area (Å²) >= 11 is 0. The third kappa shape index (κ3) is 3.86. The summed E-state index contributed by atoms with van der Waals surface area (Å²) in [6.07, 6.45) is 0.593. The largest absolute Gasteiger partial charge is 0.494 e. The summed E-state index contributed by atoms with van der Waals surface area (Å²) in [6, 6.07) is 12.6. The van der Waals surface area contributed by atoms with Crippen LogP contribution >= 0.6 is 0 Å². The van der Waals surface area contributed by atoms with Crippen molar-refractivity contribution < 1.29 is 28.0 Å². The van der Waals surface area contributed by atoms with Crippen molar-refractivity contribution in [3.05, 3.63) is 42.5 Å². The molecule has 0 unspecified atom stereocenters. The first kappa shape index (κ1) is 23.2. The molecule has 186 valence electrons. The van der Waals surface area contributed by atoms with Gasteiger partial charge in [0.1, 0.15) is 24.1 Å². The Bertz CT molecular complexity index is 1680. The van der Waals surface area contributed by atoms with Gasteiger partial charge in [0.2, 0.25) is 11.8 Å². The summed E-state index contributed by atoms with van der Waals surface area (Å²) in [7, 11) is 3.06. The number of benzene rings is 3. The van der Waals surface area contributed by atoms with E-state index < -0.39 is 0 Å². The molecule has 0 bridgehead atoms. The van der Waals surface area contributed by atoms with Crippen molar-refractivity contribution in [2.75, 3.05) is 24.9 Å². The number of nitrogens with zero attached hydrogens (tertiary/aromatic N) is 1. The number of aromatic amines is 1. The van der Waals surface area contributed by atoms with E-state index in [1.165, 1.54) is 7.11 Å².